The second-order valence-corrected chi connectivity index (χ2v) is 28.7. The minimum absolute atomic E-state index is 0.0944. The fourth-order valence-corrected chi connectivity index (χ4v) is 20.1. The Kier molecular flexibility index (Phi) is 17.9. The summed E-state index contributed by atoms with van der Waals surface area (Å²) in [5.74, 6) is -0.533. The molecule has 362 valence electrons. The van der Waals surface area contributed by atoms with E-state index in [4.69, 9.17) is 23.9 Å². The van der Waals surface area contributed by atoms with E-state index in [0.717, 1.165) is 10.4 Å². The summed E-state index contributed by atoms with van der Waals surface area (Å²) in [4.78, 5) is 29.6. The highest BCUT2D eigenvalue weighted by Crippen LogP contribution is 2.45. The van der Waals surface area contributed by atoms with E-state index in [-0.39, 0.29) is 47.7 Å². The molecule has 2 N–H and O–H groups in total. The van der Waals surface area contributed by atoms with Gasteiger partial charge in [-0.25, -0.2) is 4.79 Å². The summed E-state index contributed by atoms with van der Waals surface area (Å²) in [6.45, 7) is 21.7. The SMILES string of the molecule is CC[C@@H](O[Si](c1ccccc1)(c1ccccc1)C(C)(C)C)[C@@]1(C)OC(=O)C[C@@H]1CO.CC[C@@H](O[Si](c1ccccc1)(c1ccccc1)C(C)(C)C)[C@@]1(C)OC(=O)N(CCCCN=[N+]=[N-])[C@@H]1CO. The van der Waals surface area contributed by atoms with Crippen molar-refractivity contribution in [1.82, 2.24) is 4.90 Å². The summed E-state index contributed by atoms with van der Waals surface area (Å²) in [6.07, 6.45) is 1.59. The zero-order chi connectivity index (χ0) is 49.1. The third-order valence-corrected chi connectivity index (χ3v) is 24.1. The van der Waals surface area contributed by atoms with Gasteiger partial charge in [-0.1, -0.05) is 182 Å². The highest BCUT2D eigenvalue weighted by Gasteiger charge is 2.60. The van der Waals surface area contributed by atoms with Gasteiger partial charge in [-0.3, -0.25) is 9.69 Å². The highest BCUT2D eigenvalue weighted by molar-refractivity contribution is 7.00. The van der Waals surface area contributed by atoms with Crippen molar-refractivity contribution in [2.75, 3.05) is 26.3 Å². The van der Waals surface area contributed by atoms with Crippen LogP contribution in [0.3, 0.4) is 0 Å². The molecule has 2 saturated heterocycles. The summed E-state index contributed by atoms with van der Waals surface area (Å²) in [7, 11) is -5.70. The second-order valence-electron chi connectivity index (χ2n) is 20.2. The molecule has 0 aromatic heterocycles. The lowest BCUT2D eigenvalue weighted by atomic mass is 9.84. The van der Waals surface area contributed by atoms with Crippen molar-refractivity contribution < 1.29 is 38.1 Å². The van der Waals surface area contributed by atoms with Gasteiger partial charge in [-0.2, -0.15) is 0 Å². The van der Waals surface area contributed by atoms with Gasteiger partial charge >= 0.3 is 12.1 Å². The monoisotopic (exact) mass is 951 g/mol. The minimum atomic E-state index is -2.91. The van der Waals surface area contributed by atoms with Crippen LogP contribution in [0.4, 0.5) is 4.79 Å². The van der Waals surface area contributed by atoms with Crippen LogP contribution < -0.4 is 20.7 Å². The summed E-state index contributed by atoms with van der Waals surface area (Å²) in [5, 5.41) is 28.3. The van der Waals surface area contributed by atoms with E-state index >= 15 is 0 Å². The molecule has 0 unspecified atom stereocenters. The topological polar surface area (TPSA) is 164 Å². The molecule has 4 aromatic carbocycles. The van der Waals surface area contributed by atoms with Gasteiger partial charge in [0.15, 0.2) is 5.60 Å². The number of aliphatic hydroxyl groups is 2. The number of aliphatic hydroxyl groups excluding tert-OH is 2. The second kappa shape index (κ2) is 22.5. The predicted octanol–water partition coefficient (Wildman–Crippen LogP) is 8.66. The number of azide groups is 1. The van der Waals surface area contributed by atoms with E-state index in [2.05, 4.69) is 131 Å². The van der Waals surface area contributed by atoms with Crippen molar-refractivity contribution >= 4 is 49.4 Å². The molecule has 0 bridgehead atoms. The van der Waals surface area contributed by atoms with Gasteiger partial charge < -0.3 is 28.5 Å². The molecule has 12 nitrogen and oxygen atoms in total. The molecule has 0 saturated carbocycles. The normalized spacial score (nSPS) is 21.9. The molecule has 6 atom stereocenters. The maximum absolute atomic E-state index is 13.1. The lowest BCUT2D eigenvalue weighted by Gasteiger charge is -2.48. The van der Waals surface area contributed by atoms with E-state index in [1.807, 2.05) is 69.3 Å². The number of hydrogen-bond acceptors (Lipinski definition) is 9. The lowest BCUT2D eigenvalue weighted by Crippen LogP contribution is -2.70. The van der Waals surface area contributed by atoms with Gasteiger partial charge in [0.05, 0.1) is 31.8 Å². The van der Waals surface area contributed by atoms with E-state index in [9.17, 15) is 19.8 Å². The quantitative estimate of drug-likeness (QED) is 0.0236. The fourth-order valence-electron chi connectivity index (χ4n) is 10.4. The van der Waals surface area contributed by atoms with Crippen molar-refractivity contribution in [2.45, 2.75) is 141 Å². The van der Waals surface area contributed by atoms with Crippen LogP contribution >= 0.6 is 0 Å². The van der Waals surface area contributed by atoms with Crippen LogP contribution in [-0.2, 0) is 23.1 Å². The van der Waals surface area contributed by atoms with E-state index in [1.165, 1.54) is 10.4 Å². The molecule has 0 spiro atoms. The molecule has 1 amide bonds. The number of ether oxygens (including phenoxy) is 2. The zero-order valence-corrected chi connectivity index (χ0v) is 43.4. The number of amides is 1. The van der Waals surface area contributed by atoms with Gasteiger partial charge in [0, 0.05) is 23.9 Å². The standard InChI is InChI=1S/C28H40N4O4Si.C25H34O4Si/c1-6-25(28(5)24(21-33)32(26(34)35-28)20-14-13-19-30-31-29)36-37(27(2,3)4,22-15-9-7-10-16-22)23-17-11-8-12-18-23;1-6-22(25(5)19(18-26)17-23(27)28-25)29-30(24(2,3)4,20-13-9-7-10-14-20)21-15-11-8-12-16-21/h7-12,15-18,24-25,33H,6,13-14,19-21H2,1-5H3;7-16,19,22,26H,6,17-18H2,1-5H3/t24-,25-,28+;19-,22-,25+/m11/s1. The van der Waals surface area contributed by atoms with Gasteiger partial charge in [-0.15, -0.1) is 0 Å². The summed E-state index contributed by atoms with van der Waals surface area (Å²) in [6, 6.07) is 41.1. The molecule has 4 aromatic rings. The van der Waals surface area contributed by atoms with Crippen LogP contribution in [0.2, 0.25) is 10.1 Å². The Balaban J connectivity index is 0.000000256. The average molecular weight is 951 g/mol. The lowest BCUT2D eigenvalue weighted by molar-refractivity contribution is -0.158. The van der Waals surface area contributed by atoms with E-state index < -0.39 is 46.1 Å². The van der Waals surface area contributed by atoms with Crippen LogP contribution in [0.5, 0.6) is 0 Å². The molecule has 0 aliphatic carbocycles. The van der Waals surface area contributed by atoms with Gasteiger partial charge in [0.1, 0.15) is 11.6 Å². The molecule has 67 heavy (non-hydrogen) atoms. The van der Waals surface area contributed by atoms with Crippen LogP contribution in [0, 0.1) is 5.92 Å². The number of carbonyl (C=O) groups excluding carboxylic acids is 2. The van der Waals surface area contributed by atoms with Crippen LogP contribution in [-0.4, -0.2) is 99.6 Å². The third-order valence-electron chi connectivity index (χ3n) is 14.0. The fraction of sp³-hybridized carbons (Fsp3) is 0.509. The Morgan fingerprint density at radius 1 is 0.687 bits per heavy atom. The maximum atomic E-state index is 13.1. The summed E-state index contributed by atoms with van der Waals surface area (Å²) >= 11 is 0. The Hall–Kier alpha value is -4.80. The number of esters is 1. The number of nitrogens with zero attached hydrogens (tertiary/aromatic N) is 4. The molecular formula is C53H74N4O8Si2. The first-order valence-electron chi connectivity index (χ1n) is 23.9. The number of carbonyl (C=O) groups is 2. The number of cyclic esters (lactones) is 2. The molecule has 2 fully saturated rings. The number of hydrogen-bond donors (Lipinski definition) is 2. The molecule has 2 heterocycles. The van der Waals surface area contributed by atoms with Crippen LogP contribution in [0.25, 0.3) is 10.4 Å². The van der Waals surface area contributed by atoms with Gasteiger partial charge in [-0.05, 0) is 75.9 Å². The third kappa shape index (κ3) is 10.9. The first-order valence-corrected chi connectivity index (χ1v) is 27.7. The van der Waals surface area contributed by atoms with Crippen molar-refractivity contribution in [1.29, 1.82) is 0 Å². The van der Waals surface area contributed by atoms with Crippen molar-refractivity contribution in [3.8, 4) is 0 Å². The van der Waals surface area contributed by atoms with Crippen LogP contribution in [0.1, 0.15) is 101 Å². The molecule has 2 aliphatic rings. The summed E-state index contributed by atoms with van der Waals surface area (Å²) < 4.78 is 26.5. The number of rotatable bonds is 19. The molecule has 0 radical (unpaired) electrons. The molecule has 14 heteroatoms. The molecule has 2 aliphatic heterocycles. The van der Waals surface area contributed by atoms with E-state index in [1.54, 1.807) is 4.90 Å². The Morgan fingerprint density at radius 2 is 1.09 bits per heavy atom. The minimum Gasteiger partial charge on any atom is -0.456 e. The smallest absolute Gasteiger partial charge is 0.410 e. The van der Waals surface area contributed by atoms with Gasteiger partial charge in [0.25, 0.3) is 16.6 Å². The zero-order valence-electron chi connectivity index (χ0n) is 41.4. The number of unbranched alkanes of at least 4 members (excludes halogenated alkanes) is 1. The molecule has 6 rings (SSSR count). The number of benzene rings is 4. The predicted molar refractivity (Wildman–Crippen MR) is 271 cm³/mol. The Morgan fingerprint density at radius 3 is 1.43 bits per heavy atom. The maximum Gasteiger partial charge on any atom is 0.410 e. The first kappa shape index (κ1) is 53.2. The van der Waals surface area contributed by atoms with E-state index in [0.29, 0.717) is 38.8 Å². The average Bonchev–Trinajstić information content (AvgIpc) is 3.76. The van der Waals surface area contributed by atoms with Crippen molar-refractivity contribution in [3.05, 3.63) is 132 Å². The summed E-state index contributed by atoms with van der Waals surface area (Å²) in [5.41, 5.74) is 6.60. The van der Waals surface area contributed by atoms with Crippen molar-refractivity contribution in [3.63, 3.8) is 0 Å². The van der Waals surface area contributed by atoms with Crippen LogP contribution in [0.15, 0.2) is 126 Å². The Bertz CT molecular complexity index is 2160. The highest BCUT2D eigenvalue weighted by atomic mass is 28.4. The largest absolute Gasteiger partial charge is 0.456 e. The van der Waals surface area contributed by atoms with Crippen molar-refractivity contribution in [2.24, 2.45) is 11.0 Å². The first-order chi connectivity index (χ1) is 31.8. The van der Waals surface area contributed by atoms with Gasteiger partial charge in [0.2, 0.25) is 0 Å². The Labute approximate surface area is 400 Å². The molecular weight excluding hydrogens is 877 g/mol.